The molecule has 3 N–H and O–H groups in total. The van der Waals surface area contributed by atoms with Crippen molar-refractivity contribution in [3.63, 3.8) is 0 Å². The van der Waals surface area contributed by atoms with Gasteiger partial charge in [0.15, 0.2) is 5.43 Å². The highest BCUT2D eigenvalue weighted by Crippen LogP contribution is 2.07. The Labute approximate surface area is 108 Å². The van der Waals surface area contributed by atoms with E-state index in [9.17, 15) is 14.4 Å². The zero-order valence-corrected chi connectivity index (χ0v) is 10.1. The van der Waals surface area contributed by atoms with Gasteiger partial charge in [0.1, 0.15) is 11.7 Å². The second-order valence-electron chi connectivity index (χ2n) is 4.13. The standard InChI is InChI=1S/C13H12N2O4/c1-7(13(18)19)14-12(17)10-6-11(16)8-4-2-3-5-9(8)15-10/h2-7H,1H3,(H,14,17)(H,15,16)(H,18,19)/t7-/m0/s1. The minimum atomic E-state index is -1.14. The van der Waals surface area contributed by atoms with E-state index in [4.69, 9.17) is 5.11 Å². The number of benzene rings is 1. The second kappa shape index (κ2) is 4.93. The summed E-state index contributed by atoms with van der Waals surface area (Å²) >= 11 is 0. The van der Waals surface area contributed by atoms with E-state index in [1.165, 1.54) is 6.92 Å². The van der Waals surface area contributed by atoms with E-state index < -0.39 is 17.9 Å². The van der Waals surface area contributed by atoms with Crippen molar-refractivity contribution in [2.24, 2.45) is 0 Å². The highest BCUT2D eigenvalue weighted by atomic mass is 16.4. The van der Waals surface area contributed by atoms with Crippen LogP contribution in [0.4, 0.5) is 0 Å². The monoisotopic (exact) mass is 260 g/mol. The lowest BCUT2D eigenvalue weighted by molar-refractivity contribution is -0.138. The van der Waals surface area contributed by atoms with Gasteiger partial charge < -0.3 is 15.4 Å². The summed E-state index contributed by atoms with van der Waals surface area (Å²) in [5, 5.41) is 11.5. The van der Waals surface area contributed by atoms with E-state index in [0.717, 1.165) is 6.07 Å². The first-order valence-corrected chi connectivity index (χ1v) is 5.65. The largest absolute Gasteiger partial charge is 0.480 e. The summed E-state index contributed by atoms with van der Waals surface area (Å²) in [6.45, 7) is 1.35. The molecule has 6 heteroatoms. The van der Waals surface area contributed by atoms with Crippen LogP contribution in [0.5, 0.6) is 0 Å². The smallest absolute Gasteiger partial charge is 0.325 e. The number of nitrogens with one attached hydrogen (secondary N) is 2. The first kappa shape index (κ1) is 12.8. The molecule has 1 aromatic heterocycles. The lowest BCUT2D eigenvalue weighted by Crippen LogP contribution is -2.39. The molecule has 2 aromatic rings. The Bertz CT molecular complexity index is 705. The van der Waals surface area contributed by atoms with Crippen LogP contribution in [-0.2, 0) is 4.79 Å². The molecule has 0 fully saturated rings. The van der Waals surface area contributed by atoms with Gasteiger partial charge in [0.05, 0.1) is 0 Å². The van der Waals surface area contributed by atoms with Crippen molar-refractivity contribution in [3.05, 3.63) is 46.2 Å². The second-order valence-corrected chi connectivity index (χ2v) is 4.13. The van der Waals surface area contributed by atoms with Crippen LogP contribution in [0.1, 0.15) is 17.4 Å². The Balaban J connectivity index is 2.38. The molecular formula is C13H12N2O4. The molecule has 2 rings (SSSR count). The number of carboxylic acids is 1. The molecule has 0 unspecified atom stereocenters. The van der Waals surface area contributed by atoms with Gasteiger partial charge in [-0.25, -0.2) is 0 Å². The van der Waals surface area contributed by atoms with E-state index in [2.05, 4.69) is 10.3 Å². The number of hydrogen-bond donors (Lipinski definition) is 3. The average molecular weight is 260 g/mol. The van der Waals surface area contributed by atoms with Gasteiger partial charge in [0.2, 0.25) is 0 Å². The summed E-state index contributed by atoms with van der Waals surface area (Å²) in [7, 11) is 0. The SMILES string of the molecule is C[C@H](NC(=O)c1cc(=O)c2ccccc2[nH]1)C(=O)O. The van der Waals surface area contributed by atoms with Crippen molar-refractivity contribution in [1.82, 2.24) is 10.3 Å². The van der Waals surface area contributed by atoms with Gasteiger partial charge in [-0.05, 0) is 19.1 Å². The molecule has 0 radical (unpaired) electrons. The third-order valence-corrected chi connectivity index (χ3v) is 2.70. The van der Waals surface area contributed by atoms with Gasteiger partial charge in [-0.3, -0.25) is 14.4 Å². The number of fused-ring (bicyclic) bond motifs is 1. The van der Waals surface area contributed by atoms with Crippen LogP contribution in [0.2, 0.25) is 0 Å². The van der Waals surface area contributed by atoms with Crippen molar-refractivity contribution in [1.29, 1.82) is 0 Å². The van der Waals surface area contributed by atoms with Gasteiger partial charge in [-0.15, -0.1) is 0 Å². The molecule has 6 nitrogen and oxygen atoms in total. The summed E-state index contributed by atoms with van der Waals surface area (Å²) in [4.78, 5) is 37.1. The molecule has 0 saturated heterocycles. The minimum absolute atomic E-state index is 0.0387. The Morgan fingerprint density at radius 2 is 2.00 bits per heavy atom. The van der Waals surface area contributed by atoms with Gasteiger partial charge in [0, 0.05) is 17.0 Å². The number of carboxylic acid groups (broad SMARTS) is 1. The van der Waals surface area contributed by atoms with Crippen molar-refractivity contribution < 1.29 is 14.7 Å². The van der Waals surface area contributed by atoms with E-state index >= 15 is 0 Å². The highest BCUT2D eigenvalue weighted by Gasteiger charge is 2.16. The molecular weight excluding hydrogens is 248 g/mol. The highest BCUT2D eigenvalue weighted by molar-refractivity contribution is 5.96. The van der Waals surface area contributed by atoms with Gasteiger partial charge in [-0.2, -0.15) is 0 Å². The number of aromatic amines is 1. The first-order valence-electron chi connectivity index (χ1n) is 5.65. The van der Waals surface area contributed by atoms with Gasteiger partial charge in [-0.1, -0.05) is 12.1 Å². The molecule has 0 bridgehead atoms. The maximum absolute atomic E-state index is 11.8. The van der Waals surface area contributed by atoms with Crippen LogP contribution < -0.4 is 10.7 Å². The molecule has 0 aliphatic heterocycles. The molecule has 0 aliphatic carbocycles. The number of amides is 1. The lowest BCUT2D eigenvalue weighted by Gasteiger charge is -2.09. The number of para-hydroxylation sites is 1. The molecule has 1 heterocycles. The quantitative estimate of drug-likeness (QED) is 0.757. The summed E-state index contributed by atoms with van der Waals surface area (Å²) in [6.07, 6.45) is 0. The van der Waals surface area contributed by atoms with E-state index in [0.29, 0.717) is 10.9 Å². The number of rotatable bonds is 3. The number of carbonyl (C=O) groups is 2. The summed E-state index contributed by atoms with van der Waals surface area (Å²) in [5.41, 5.74) is 0.280. The summed E-state index contributed by atoms with van der Waals surface area (Å²) < 4.78 is 0. The van der Waals surface area contributed by atoms with Crippen LogP contribution in [0, 0.1) is 0 Å². The maximum atomic E-state index is 11.8. The van der Waals surface area contributed by atoms with Crippen molar-refractivity contribution in [2.45, 2.75) is 13.0 Å². The molecule has 98 valence electrons. The predicted molar refractivity (Wildman–Crippen MR) is 69.1 cm³/mol. The molecule has 19 heavy (non-hydrogen) atoms. The molecule has 0 saturated carbocycles. The van der Waals surface area contributed by atoms with E-state index in [1.807, 2.05) is 0 Å². The van der Waals surface area contributed by atoms with Gasteiger partial charge in [0.25, 0.3) is 5.91 Å². The van der Waals surface area contributed by atoms with Crippen LogP contribution in [0.15, 0.2) is 35.1 Å². The van der Waals surface area contributed by atoms with Crippen molar-refractivity contribution >= 4 is 22.8 Å². The first-order chi connectivity index (χ1) is 8.99. The number of aromatic nitrogens is 1. The molecule has 1 atom stereocenters. The van der Waals surface area contributed by atoms with E-state index in [-0.39, 0.29) is 11.1 Å². The maximum Gasteiger partial charge on any atom is 0.325 e. The van der Waals surface area contributed by atoms with Crippen LogP contribution >= 0.6 is 0 Å². The number of H-pyrrole nitrogens is 1. The third kappa shape index (κ3) is 2.62. The number of carbonyl (C=O) groups excluding carboxylic acids is 1. The zero-order valence-electron chi connectivity index (χ0n) is 10.1. The third-order valence-electron chi connectivity index (χ3n) is 2.70. The van der Waals surface area contributed by atoms with Gasteiger partial charge >= 0.3 is 5.97 Å². The van der Waals surface area contributed by atoms with Crippen molar-refractivity contribution in [2.75, 3.05) is 0 Å². The summed E-state index contributed by atoms with van der Waals surface area (Å²) in [6, 6.07) is 6.92. The Kier molecular flexibility index (Phi) is 3.33. The molecule has 1 amide bonds. The molecule has 0 aliphatic rings. The normalized spacial score (nSPS) is 12.1. The van der Waals surface area contributed by atoms with Crippen molar-refractivity contribution in [3.8, 4) is 0 Å². The topological polar surface area (TPSA) is 99.3 Å². The summed E-state index contributed by atoms with van der Waals surface area (Å²) in [5.74, 6) is -1.77. The number of aliphatic carboxylic acids is 1. The minimum Gasteiger partial charge on any atom is -0.480 e. The Hall–Kier alpha value is -2.63. The molecule has 1 aromatic carbocycles. The number of hydrogen-bond acceptors (Lipinski definition) is 3. The van der Waals surface area contributed by atoms with E-state index in [1.54, 1.807) is 24.3 Å². The fourth-order valence-corrected chi connectivity index (χ4v) is 1.66. The molecule has 0 spiro atoms. The van der Waals surface area contributed by atoms with Crippen LogP contribution in [0.25, 0.3) is 10.9 Å². The Morgan fingerprint density at radius 3 is 2.68 bits per heavy atom. The fourth-order valence-electron chi connectivity index (χ4n) is 1.66. The lowest BCUT2D eigenvalue weighted by atomic mass is 10.2. The zero-order chi connectivity index (χ0) is 14.0. The number of pyridine rings is 1. The fraction of sp³-hybridized carbons (Fsp3) is 0.154. The average Bonchev–Trinajstić information content (AvgIpc) is 2.38. The predicted octanol–water partition coefficient (Wildman–Crippen LogP) is 0.731. The van der Waals surface area contributed by atoms with Crippen LogP contribution in [0.3, 0.4) is 0 Å². The Morgan fingerprint density at radius 1 is 1.32 bits per heavy atom. The van der Waals surface area contributed by atoms with Crippen LogP contribution in [-0.4, -0.2) is 28.0 Å².